The third-order valence-corrected chi connectivity index (χ3v) is 0.464. The van der Waals surface area contributed by atoms with Gasteiger partial charge in [-0.25, -0.2) is 0 Å². The maximum absolute atomic E-state index is 9.60. The molecule has 0 heterocycles. The van der Waals surface area contributed by atoms with Crippen LogP contribution in [0.3, 0.4) is 0 Å². The third-order valence-electron chi connectivity index (χ3n) is 0.464. The van der Waals surface area contributed by atoms with Crippen LogP contribution in [0.5, 0.6) is 0 Å². The molecular weight excluding hydrogens is 82.0 g/mol. The second-order valence-corrected chi connectivity index (χ2v) is 1.14. The number of aliphatic carboxylic acids is 1. The van der Waals surface area contributed by atoms with Crippen LogP contribution < -0.4 is 0 Å². The van der Waals surface area contributed by atoms with E-state index in [9.17, 15) is 4.79 Å². The summed E-state index contributed by atoms with van der Waals surface area (Å²) in [6, 6.07) is 0. The zero-order chi connectivity index (χ0) is 4.99. The van der Waals surface area contributed by atoms with Crippen molar-refractivity contribution < 1.29 is 9.90 Å². The lowest BCUT2D eigenvalue weighted by Gasteiger charge is -1.79. The molecule has 0 aliphatic carbocycles. The average molecular weight is 90.1 g/mol. The molecule has 0 aromatic carbocycles. The first-order valence-corrected chi connectivity index (χ1v) is 1.99. The molecule has 0 unspecified atom stereocenters. The van der Waals surface area contributed by atoms with E-state index in [-0.39, 0.29) is 0 Å². The van der Waals surface area contributed by atoms with Crippen molar-refractivity contribution in [3.8, 4) is 0 Å². The Morgan fingerprint density at radius 3 is 2.33 bits per heavy atom. The summed E-state index contributed by atoms with van der Waals surface area (Å²) in [5, 5.41) is 7.91. The number of carbonyl (C=O) groups is 1. The van der Waals surface area contributed by atoms with Crippen molar-refractivity contribution in [3.63, 3.8) is 0 Å². The van der Waals surface area contributed by atoms with Crippen molar-refractivity contribution in [1.82, 2.24) is 0 Å². The van der Waals surface area contributed by atoms with Crippen molar-refractivity contribution in [2.75, 3.05) is 0 Å². The second kappa shape index (κ2) is 2.69. The van der Waals surface area contributed by atoms with Crippen LogP contribution in [0, 0.1) is 0 Å². The first-order chi connectivity index (χ1) is 2.77. The van der Waals surface area contributed by atoms with Gasteiger partial charge >= 0.3 is 5.97 Å². The van der Waals surface area contributed by atoms with Gasteiger partial charge in [0.1, 0.15) is 0 Å². The zero-order valence-corrected chi connectivity index (χ0v) is 3.77. The van der Waals surface area contributed by atoms with Crippen molar-refractivity contribution in [3.05, 3.63) is 0 Å². The van der Waals surface area contributed by atoms with Gasteiger partial charge in [-0.2, -0.15) is 0 Å². The van der Waals surface area contributed by atoms with Crippen LogP contribution in [-0.2, 0) is 4.79 Å². The van der Waals surface area contributed by atoms with Crippen molar-refractivity contribution >= 4 is 5.97 Å². The van der Waals surface area contributed by atoms with E-state index < -0.39 is 5.97 Å². The average Bonchev–Trinajstić information content (AvgIpc) is 1.35. The van der Waals surface area contributed by atoms with E-state index in [2.05, 4.69) is 0 Å². The molecule has 1 N–H and O–H groups in total. The predicted octanol–water partition coefficient (Wildman–Crippen LogP) is 0.871. The van der Waals surface area contributed by atoms with Gasteiger partial charge in [-0.1, -0.05) is 6.92 Å². The molecule has 2 nitrogen and oxygen atoms in total. The topological polar surface area (TPSA) is 37.3 Å². The van der Waals surface area contributed by atoms with Gasteiger partial charge < -0.3 is 5.11 Å². The van der Waals surface area contributed by atoms with Gasteiger partial charge in [0.15, 0.2) is 0 Å². The third kappa shape index (κ3) is 3.47. The van der Waals surface area contributed by atoms with E-state index in [0.717, 1.165) is 6.42 Å². The van der Waals surface area contributed by atoms with E-state index in [1.54, 1.807) is 0 Å². The Morgan fingerprint density at radius 1 is 1.83 bits per heavy atom. The molecule has 2 heteroatoms. The lowest BCUT2D eigenvalue weighted by molar-refractivity contribution is -0.137. The maximum atomic E-state index is 9.60. The van der Waals surface area contributed by atoms with Gasteiger partial charge in [0.25, 0.3) is 0 Å². The van der Waals surface area contributed by atoms with Gasteiger partial charge in [-0.15, -0.1) is 0 Å². The molecule has 0 amide bonds. The molecule has 0 aromatic rings. The maximum Gasteiger partial charge on any atom is 0.303 e. The monoisotopic (exact) mass is 90.1 g/mol. The fourth-order valence-electron chi connectivity index (χ4n) is 0.214. The predicted molar refractivity (Wildman–Crippen MR) is 22.5 cm³/mol. The van der Waals surface area contributed by atoms with Gasteiger partial charge in [0.05, 0.1) is 0 Å². The first kappa shape index (κ1) is 5.47. The van der Waals surface area contributed by atoms with Gasteiger partial charge in [-0.05, 0) is 6.42 Å². The summed E-state index contributed by atoms with van der Waals surface area (Å²) in [5.74, 6) is -0.711. The van der Waals surface area contributed by atoms with Gasteiger partial charge in [0.2, 0.25) is 0 Å². The summed E-state index contributed by atoms with van der Waals surface area (Å²) in [6.45, 7) is 1.84. The fourth-order valence-corrected chi connectivity index (χ4v) is 0.214. The molecule has 0 aromatic heterocycles. The molecule has 0 rings (SSSR count). The molecule has 0 fully saturated rings. The number of hydrogen-bond donors (Lipinski definition) is 1. The Kier molecular flexibility index (Phi) is 2.46. The minimum atomic E-state index is -0.711. The van der Waals surface area contributed by atoms with Crippen LogP contribution in [0.25, 0.3) is 0 Å². The fraction of sp³-hybridized carbons (Fsp3) is 0.750. The molecule has 0 bridgehead atoms. The van der Waals surface area contributed by atoms with E-state index >= 15 is 0 Å². The summed E-state index contributed by atoms with van der Waals surface area (Å²) in [7, 11) is 0. The van der Waals surface area contributed by atoms with E-state index in [0.29, 0.717) is 6.42 Å². The second-order valence-electron chi connectivity index (χ2n) is 1.14. The highest BCUT2D eigenvalue weighted by atomic mass is 16.4. The Hall–Kier alpha value is -0.530. The highest BCUT2D eigenvalue weighted by Crippen LogP contribution is 1.82. The van der Waals surface area contributed by atoms with Crippen LogP contribution in [0.4, 0.5) is 0 Å². The molecule has 0 radical (unpaired) electrons. The Bertz CT molecular complexity index is 49.5. The number of carboxylic acids is 1. The first-order valence-electron chi connectivity index (χ1n) is 1.99. The molecule has 6 heavy (non-hydrogen) atoms. The summed E-state index contributed by atoms with van der Waals surface area (Å²) < 4.78 is 0. The van der Waals surface area contributed by atoms with Gasteiger partial charge in [-0.3, -0.25) is 4.79 Å². The summed E-state index contributed by atoms with van der Waals surface area (Å²) in [4.78, 5) is 9.60. The number of hydrogen-bond acceptors (Lipinski definition) is 1. The minimum absolute atomic E-state index is 0.292. The quantitative estimate of drug-likeness (QED) is 0.511. The molecule has 0 saturated heterocycles. The Morgan fingerprint density at radius 2 is 2.33 bits per heavy atom. The lowest BCUT2D eigenvalue weighted by Crippen LogP contribution is -1.90. The molecule has 0 atom stereocenters. The molecule has 0 saturated carbocycles. The van der Waals surface area contributed by atoms with Gasteiger partial charge in [0, 0.05) is 6.42 Å². The largest absolute Gasteiger partial charge is 0.481 e. The molecular formula is C4H8O2. The Balaban J connectivity index is 2.83. The normalized spacial score (nSPS) is 8.17. The SMILES string of the molecule is [13CH3]C[13CH2]C(=O)O. The zero-order valence-electron chi connectivity index (χ0n) is 3.77. The van der Waals surface area contributed by atoms with Crippen LogP contribution in [-0.4, -0.2) is 11.1 Å². The summed E-state index contributed by atoms with van der Waals surface area (Å²) >= 11 is 0. The summed E-state index contributed by atoms with van der Waals surface area (Å²) in [5.41, 5.74) is 0. The highest BCUT2D eigenvalue weighted by molar-refractivity contribution is 5.66. The van der Waals surface area contributed by atoms with Crippen LogP contribution >= 0.6 is 0 Å². The van der Waals surface area contributed by atoms with Crippen molar-refractivity contribution in [1.29, 1.82) is 0 Å². The molecule has 0 spiro atoms. The Labute approximate surface area is 36.8 Å². The molecule has 0 aliphatic rings. The standard InChI is InChI=1S/C4H8O2/c1-2-3-4(5)6/h2-3H2,1H3,(H,5,6)/i1+1,3+1. The van der Waals surface area contributed by atoms with Crippen molar-refractivity contribution in [2.45, 2.75) is 19.8 Å². The van der Waals surface area contributed by atoms with Crippen LogP contribution in [0.15, 0.2) is 0 Å². The molecule has 36 valence electrons. The van der Waals surface area contributed by atoms with E-state index in [4.69, 9.17) is 5.11 Å². The van der Waals surface area contributed by atoms with E-state index in [1.807, 2.05) is 6.92 Å². The number of carboxylic acid groups (broad SMARTS) is 1. The van der Waals surface area contributed by atoms with Crippen LogP contribution in [0.2, 0.25) is 0 Å². The molecule has 0 aliphatic heterocycles. The van der Waals surface area contributed by atoms with E-state index in [1.165, 1.54) is 0 Å². The smallest absolute Gasteiger partial charge is 0.303 e. The van der Waals surface area contributed by atoms with Crippen LogP contribution in [0.1, 0.15) is 19.8 Å². The number of rotatable bonds is 2. The lowest BCUT2D eigenvalue weighted by atomic mass is 10.8. The van der Waals surface area contributed by atoms with Crippen molar-refractivity contribution in [2.24, 2.45) is 0 Å². The highest BCUT2D eigenvalue weighted by Gasteiger charge is 1.87. The minimum Gasteiger partial charge on any atom is -0.481 e. The summed E-state index contributed by atoms with van der Waals surface area (Å²) in [6.07, 6.45) is 1.02.